The van der Waals surface area contributed by atoms with Crippen molar-refractivity contribution < 1.29 is 14.2 Å². The van der Waals surface area contributed by atoms with Crippen molar-refractivity contribution in [2.24, 2.45) is 4.99 Å². The topological polar surface area (TPSA) is 64.1 Å². The van der Waals surface area contributed by atoms with Gasteiger partial charge in [0.1, 0.15) is 0 Å². The highest BCUT2D eigenvalue weighted by Gasteiger charge is 2.15. The fraction of sp³-hybridized carbons (Fsp3) is 0.955. The summed E-state index contributed by atoms with van der Waals surface area (Å²) in [6, 6.07) is 0. The van der Waals surface area contributed by atoms with Gasteiger partial charge in [-0.2, -0.15) is 0 Å². The number of halogens is 1. The zero-order valence-electron chi connectivity index (χ0n) is 18.5. The Morgan fingerprint density at radius 3 is 2.52 bits per heavy atom. The van der Waals surface area contributed by atoms with E-state index in [9.17, 15) is 0 Å². The summed E-state index contributed by atoms with van der Waals surface area (Å²) in [5.41, 5.74) is 0. The molecule has 7 heteroatoms. The number of aliphatic imine (C=N–C) groups is 1. The van der Waals surface area contributed by atoms with Crippen molar-refractivity contribution in [3.05, 3.63) is 0 Å². The maximum absolute atomic E-state index is 6.06. The second-order valence-electron chi connectivity index (χ2n) is 7.94. The van der Waals surface area contributed by atoms with Crippen molar-refractivity contribution in [1.29, 1.82) is 0 Å². The first-order valence-electron chi connectivity index (χ1n) is 11.7. The van der Waals surface area contributed by atoms with Crippen LogP contribution < -0.4 is 10.6 Å². The molecule has 0 spiro atoms. The fourth-order valence-electron chi connectivity index (χ4n) is 3.78. The molecule has 1 aliphatic heterocycles. The van der Waals surface area contributed by atoms with Gasteiger partial charge in [0.15, 0.2) is 5.96 Å². The van der Waals surface area contributed by atoms with Gasteiger partial charge < -0.3 is 24.8 Å². The quantitative estimate of drug-likeness (QED) is 0.124. The molecule has 2 N–H and O–H groups in total. The molecule has 6 nitrogen and oxygen atoms in total. The summed E-state index contributed by atoms with van der Waals surface area (Å²) in [6.07, 6.45) is 14.3. The predicted octanol–water partition coefficient (Wildman–Crippen LogP) is 4.26. The Labute approximate surface area is 195 Å². The van der Waals surface area contributed by atoms with Crippen LogP contribution >= 0.6 is 24.0 Å². The van der Waals surface area contributed by atoms with E-state index in [-0.39, 0.29) is 24.0 Å². The van der Waals surface area contributed by atoms with Crippen molar-refractivity contribution in [2.45, 2.75) is 89.8 Å². The molecule has 1 saturated heterocycles. The van der Waals surface area contributed by atoms with E-state index in [1.807, 2.05) is 0 Å². The summed E-state index contributed by atoms with van der Waals surface area (Å²) in [5.74, 6) is 0.909. The van der Waals surface area contributed by atoms with E-state index in [0.29, 0.717) is 12.2 Å². The predicted molar refractivity (Wildman–Crippen MR) is 130 cm³/mol. The minimum Gasteiger partial charge on any atom is -0.379 e. The second kappa shape index (κ2) is 18.6. The monoisotopic (exact) mass is 525 g/mol. The summed E-state index contributed by atoms with van der Waals surface area (Å²) < 4.78 is 17.3. The van der Waals surface area contributed by atoms with Gasteiger partial charge in [0.2, 0.25) is 0 Å². The van der Waals surface area contributed by atoms with Crippen LogP contribution in [-0.4, -0.2) is 64.2 Å². The van der Waals surface area contributed by atoms with Crippen LogP contribution in [0.1, 0.15) is 77.6 Å². The van der Waals surface area contributed by atoms with Crippen molar-refractivity contribution in [3.63, 3.8) is 0 Å². The molecule has 0 aromatic heterocycles. The first kappa shape index (κ1) is 26.9. The van der Waals surface area contributed by atoms with Crippen LogP contribution in [0, 0.1) is 0 Å². The van der Waals surface area contributed by atoms with Gasteiger partial charge in [-0.05, 0) is 51.9 Å². The highest BCUT2D eigenvalue weighted by molar-refractivity contribution is 14.0. The van der Waals surface area contributed by atoms with Crippen LogP contribution in [0.5, 0.6) is 0 Å². The number of nitrogens with one attached hydrogen (secondary N) is 2. The third-order valence-corrected chi connectivity index (χ3v) is 5.41. The minimum absolute atomic E-state index is 0. The molecular formula is C22H44IN3O3. The van der Waals surface area contributed by atoms with Crippen LogP contribution in [0.4, 0.5) is 0 Å². The molecule has 1 aliphatic carbocycles. The van der Waals surface area contributed by atoms with Gasteiger partial charge >= 0.3 is 0 Å². The van der Waals surface area contributed by atoms with E-state index >= 15 is 0 Å². The van der Waals surface area contributed by atoms with Crippen LogP contribution in [0.2, 0.25) is 0 Å². The molecule has 0 aromatic rings. The van der Waals surface area contributed by atoms with Gasteiger partial charge in [-0.3, -0.25) is 4.99 Å². The Kier molecular flexibility index (Phi) is 17.3. The SMILES string of the molecule is CCNC(=NCCCOCC1CCCO1)NCCCCOC1CCCCCC1.I. The van der Waals surface area contributed by atoms with E-state index in [1.165, 1.54) is 44.9 Å². The van der Waals surface area contributed by atoms with Crippen LogP contribution in [0.25, 0.3) is 0 Å². The summed E-state index contributed by atoms with van der Waals surface area (Å²) >= 11 is 0. The lowest BCUT2D eigenvalue weighted by molar-refractivity contribution is 0.0171. The lowest BCUT2D eigenvalue weighted by Gasteiger charge is -2.15. The van der Waals surface area contributed by atoms with Crippen LogP contribution in [0.15, 0.2) is 4.99 Å². The molecule has 0 amide bonds. The van der Waals surface area contributed by atoms with Crippen molar-refractivity contribution in [1.82, 2.24) is 10.6 Å². The van der Waals surface area contributed by atoms with E-state index in [0.717, 1.165) is 77.7 Å². The van der Waals surface area contributed by atoms with Gasteiger partial charge in [0.25, 0.3) is 0 Å². The Hall–Kier alpha value is -0.120. The molecule has 29 heavy (non-hydrogen) atoms. The largest absolute Gasteiger partial charge is 0.379 e. The fourth-order valence-corrected chi connectivity index (χ4v) is 3.78. The lowest BCUT2D eigenvalue weighted by Crippen LogP contribution is -2.38. The summed E-state index contributed by atoms with van der Waals surface area (Å²) in [4.78, 5) is 4.64. The van der Waals surface area contributed by atoms with Gasteiger partial charge in [-0.25, -0.2) is 0 Å². The van der Waals surface area contributed by atoms with Crippen LogP contribution in [-0.2, 0) is 14.2 Å². The Morgan fingerprint density at radius 2 is 1.79 bits per heavy atom. The number of hydrogen-bond donors (Lipinski definition) is 2. The molecule has 0 bridgehead atoms. The first-order valence-corrected chi connectivity index (χ1v) is 11.7. The molecule has 1 atom stereocenters. The first-order chi connectivity index (χ1) is 13.9. The van der Waals surface area contributed by atoms with E-state index in [4.69, 9.17) is 14.2 Å². The maximum Gasteiger partial charge on any atom is 0.191 e. The van der Waals surface area contributed by atoms with E-state index < -0.39 is 0 Å². The van der Waals surface area contributed by atoms with Crippen molar-refractivity contribution >= 4 is 29.9 Å². The number of rotatable bonds is 13. The summed E-state index contributed by atoms with van der Waals surface area (Å²) in [5, 5.41) is 6.74. The third kappa shape index (κ3) is 13.7. The van der Waals surface area contributed by atoms with Gasteiger partial charge in [0.05, 0.1) is 18.8 Å². The summed E-state index contributed by atoms with van der Waals surface area (Å²) in [6.45, 7) is 7.96. The minimum atomic E-state index is 0. The highest BCUT2D eigenvalue weighted by atomic mass is 127. The van der Waals surface area contributed by atoms with Gasteiger partial charge in [-0.1, -0.05) is 25.7 Å². The molecule has 2 aliphatic rings. The number of guanidine groups is 1. The molecule has 1 unspecified atom stereocenters. The molecule has 0 aromatic carbocycles. The zero-order valence-corrected chi connectivity index (χ0v) is 20.8. The van der Waals surface area contributed by atoms with Crippen LogP contribution in [0.3, 0.4) is 0 Å². The number of unbranched alkanes of at least 4 members (excludes halogenated alkanes) is 1. The maximum atomic E-state index is 6.06. The smallest absolute Gasteiger partial charge is 0.191 e. The third-order valence-electron chi connectivity index (χ3n) is 5.41. The van der Waals surface area contributed by atoms with Gasteiger partial charge in [-0.15, -0.1) is 24.0 Å². The second-order valence-corrected chi connectivity index (χ2v) is 7.94. The van der Waals surface area contributed by atoms with Crippen molar-refractivity contribution in [3.8, 4) is 0 Å². The van der Waals surface area contributed by atoms with Crippen molar-refractivity contribution in [2.75, 3.05) is 46.1 Å². The zero-order chi connectivity index (χ0) is 19.7. The molecule has 1 heterocycles. The molecule has 2 fully saturated rings. The Bertz CT molecular complexity index is 399. The molecule has 0 radical (unpaired) electrons. The van der Waals surface area contributed by atoms with Gasteiger partial charge in [0, 0.05) is 39.5 Å². The average molecular weight is 526 g/mol. The van der Waals surface area contributed by atoms with E-state index in [2.05, 4.69) is 22.5 Å². The molecule has 172 valence electrons. The average Bonchev–Trinajstić information content (AvgIpc) is 3.09. The van der Waals surface area contributed by atoms with E-state index in [1.54, 1.807) is 0 Å². The number of nitrogens with zero attached hydrogens (tertiary/aromatic N) is 1. The Morgan fingerprint density at radius 1 is 0.966 bits per heavy atom. The molecule has 1 saturated carbocycles. The molecular weight excluding hydrogens is 481 g/mol. The number of ether oxygens (including phenoxy) is 3. The Balaban J connectivity index is 0.00000420. The summed E-state index contributed by atoms with van der Waals surface area (Å²) in [7, 11) is 0. The molecule has 2 rings (SSSR count). The number of hydrogen-bond acceptors (Lipinski definition) is 4. The standard InChI is InChI=1S/C22H43N3O3.HI/c1-2-23-22(25-15-10-16-26-19-21-13-9-18-28-21)24-14-7-8-17-27-20-11-5-3-4-6-12-20;/h20-21H,2-19H2,1H3,(H2,23,24,25);1H. The highest BCUT2D eigenvalue weighted by Crippen LogP contribution is 2.19. The lowest BCUT2D eigenvalue weighted by atomic mass is 10.1. The normalized spacial score (nSPS) is 20.9.